The fraction of sp³-hybridized carbons (Fsp3) is 0.192. The molecule has 8 nitrogen and oxygen atoms in total. The van der Waals surface area contributed by atoms with Crippen LogP contribution in [-0.2, 0) is 16.1 Å². The summed E-state index contributed by atoms with van der Waals surface area (Å²) in [5, 5.41) is 17.1. The van der Waals surface area contributed by atoms with Crippen molar-refractivity contribution in [3.05, 3.63) is 90.5 Å². The first-order valence-corrected chi connectivity index (χ1v) is 10.9. The Hall–Kier alpha value is -4.33. The number of ether oxygens (including phenoxy) is 1. The fourth-order valence-corrected chi connectivity index (χ4v) is 3.23. The molecule has 0 aliphatic carbocycles. The van der Waals surface area contributed by atoms with Crippen LogP contribution < -0.4 is 16.0 Å². The number of rotatable bonds is 10. The third-order valence-corrected chi connectivity index (χ3v) is 5.00. The van der Waals surface area contributed by atoms with E-state index in [0.717, 1.165) is 16.7 Å². The number of alkyl carbamates (subject to hydrolysis) is 1. The number of carbonyl (C=O) groups excluding carboxylic acids is 2. The molecule has 1 atom stereocenters. The summed E-state index contributed by atoms with van der Waals surface area (Å²) in [4.78, 5) is 35.6. The molecule has 3 aromatic carbocycles. The quantitative estimate of drug-likeness (QED) is 0.328. The number of aliphatic carboxylic acids is 1. The molecule has 0 heterocycles. The van der Waals surface area contributed by atoms with E-state index in [1.807, 2.05) is 72.8 Å². The van der Waals surface area contributed by atoms with Gasteiger partial charge in [0.1, 0.15) is 12.6 Å². The van der Waals surface area contributed by atoms with Crippen molar-refractivity contribution in [2.45, 2.75) is 25.5 Å². The van der Waals surface area contributed by atoms with Crippen LogP contribution in [-0.4, -0.2) is 35.8 Å². The molecule has 8 heteroatoms. The lowest BCUT2D eigenvalue weighted by Crippen LogP contribution is -2.43. The Labute approximate surface area is 198 Å². The first-order valence-electron chi connectivity index (χ1n) is 10.9. The summed E-state index contributed by atoms with van der Waals surface area (Å²) in [6.45, 7) is 0.375. The molecule has 0 bridgehead atoms. The number of hydrogen-bond acceptors (Lipinski definition) is 4. The Bertz CT molecular complexity index is 1070. The van der Waals surface area contributed by atoms with Crippen molar-refractivity contribution in [3.63, 3.8) is 0 Å². The lowest BCUT2D eigenvalue weighted by atomic mass is 10.1. The van der Waals surface area contributed by atoms with Gasteiger partial charge < -0.3 is 25.8 Å². The van der Waals surface area contributed by atoms with Gasteiger partial charge in [-0.25, -0.2) is 14.4 Å². The van der Waals surface area contributed by atoms with E-state index >= 15 is 0 Å². The Morgan fingerprint density at radius 2 is 1.44 bits per heavy atom. The predicted molar refractivity (Wildman–Crippen MR) is 129 cm³/mol. The maximum absolute atomic E-state index is 12.3. The number of benzene rings is 3. The lowest BCUT2D eigenvalue weighted by Gasteiger charge is -2.15. The van der Waals surface area contributed by atoms with E-state index in [-0.39, 0.29) is 19.6 Å². The number of carbonyl (C=O) groups is 3. The van der Waals surface area contributed by atoms with Gasteiger partial charge >= 0.3 is 18.1 Å². The van der Waals surface area contributed by atoms with Gasteiger partial charge in [0.2, 0.25) is 0 Å². The summed E-state index contributed by atoms with van der Waals surface area (Å²) < 4.78 is 5.10. The largest absolute Gasteiger partial charge is 0.480 e. The van der Waals surface area contributed by atoms with Gasteiger partial charge in [-0.1, -0.05) is 72.8 Å². The van der Waals surface area contributed by atoms with Gasteiger partial charge in [0.15, 0.2) is 0 Å². The van der Waals surface area contributed by atoms with Crippen LogP contribution in [0.5, 0.6) is 0 Å². The summed E-state index contributed by atoms with van der Waals surface area (Å²) in [5.74, 6) is -1.15. The molecule has 0 unspecified atom stereocenters. The van der Waals surface area contributed by atoms with Crippen molar-refractivity contribution in [3.8, 4) is 11.1 Å². The second-order valence-corrected chi connectivity index (χ2v) is 7.56. The minimum Gasteiger partial charge on any atom is -0.480 e. The maximum atomic E-state index is 12.3. The first-order chi connectivity index (χ1) is 16.5. The van der Waals surface area contributed by atoms with Gasteiger partial charge in [-0.2, -0.15) is 0 Å². The van der Waals surface area contributed by atoms with Crippen molar-refractivity contribution >= 4 is 23.8 Å². The van der Waals surface area contributed by atoms with Gasteiger partial charge in [0.05, 0.1) is 0 Å². The number of amides is 3. The number of carboxylic acid groups (broad SMARTS) is 1. The van der Waals surface area contributed by atoms with Crippen molar-refractivity contribution in [1.82, 2.24) is 10.6 Å². The summed E-state index contributed by atoms with van der Waals surface area (Å²) in [6.07, 6.45) is -0.0848. The van der Waals surface area contributed by atoms with Crippen LogP contribution >= 0.6 is 0 Å². The Kier molecular flexibility index (Phi) is 9.04. The van der Waals surface area contributed by atoms with E-state index in [9.17, 15) is 19.5 Å². The van der Waals surface area contributed by atoms with Crippen LogP contribution in [0, 0.1) is 0 Å². The van der Waals surface area contributed by atoms with Gasteiger partial charge in [-0.3, -0.25) is 0 Å². The molecule has 3 amide bonds. The molecule has 4 N–H and O–H groups in total. The smallest absolute Gasteiger partial charge is 0.407 e. The fourth-order valence-electron chi connectivity index (χ4n) is 3.23. The molecule has 0 radical (unpaired) electrons. The molecular formula is C26H27N3O5. The minimum atomic E-state index is -1.15. The molecule has 34 heavy (non-hydrogen) atoms. The van der Waals surface area contributed by atoms with E-state index in [0.29, 0.717) is 12.1 Å². The zero-order chi connectivity index (χ0) is 24.2. The highest BCUT2D eigenvalue weighted by Gasteiger charge is 2.19. The second kappa shape index (κ2) is 12.6. The predicted octanol–water partition coefficient (Wildman–Crippen LogP) is 4.63. The number of anilines is 1. The van der Waals surface area contributed by atoms with Crippen molar-refractivity contribution in [2.24, 2.45) is 0 Å². The van der Waals surface area contributed by atoms with E-state index in [4.69, 9.17) is 4.74 Å². The van der Waals surface area contributed by atoms with Crippen LogP contribution in [0.1, 0.15) is 18.4 Å². The number of hydrogen-bond donors (Lipinski definition) is 4. The topological polar surface area (TPSA) is 117 Å². The summed E-state index contributed by atoms with van der Waals surface area (Å²) in [7, 11) is 0. The lowest BCUT2D eigenvalue weighted by molar-refractivity contribution is -0.139. The Morgan fingerprint density at radius 3 is 2.09 bits per heavy atom. The van der Waals surface area contributed by atoms with Gasteiger partial charge in [-0.15, -0.1) is 0 Å². The van der Waals surface area contributed by atoms with Crippen LogP contribution in [0.15, 0.2) is 84.9 Å². The van der Waals surface area contributed by atoms with Crippen molar-refractivity contribution < 1.29 is 24.2 Å². The van der Waals surface area contributed by atoms with Crippen LogP contribution in [0.2, 0.25) is 0 Å². The summed E-state index contributed by atoms with van der Waals surface area (Å²) >= 11 is 0. The van der Waals surface area contributed by atoms with Crippen molar-refractivity contribution in [1.29, 1.82) is 0 Å². The molecule has 176 valence electrons. The van der Waals surface area contributed by atoms with Gasteiger partial charge in [-0.05, 0) is 41.7 Å². The zero-order valence-electron chi connectivity index (χ0n) is 18.6. The van der Waals surface area contributed by atoms with Gasteiger partial charge in [0, 0.05) is 12.2 Å². The third kappa shape index (κ3) is 7.98. The second-order valence-electron chi connectivity index (χ2n) is 7.56. The maximum Gasteiger partial charge on any atom is 0.407 e. The van der Waals surface area contributed by atoms with E-state index in [1.54, 1.807) is 12.1 Å². The molecule has 3 aromatic rings. The molecule has 0 saturated carbocycles. The van der Waals surface area contributed by atoms with E-state index in [2.05, 4.69) is 16.0 Å². The molecule has 0 aliphatic rings. The highest BCUT2D eigenvalue weighted by atomic mass is 16.5. The molecule has 0 aromatic heterocycles. The third-order valence-electron chi connectivity index (χ3n) is 5.00. The molecular weight excluding hydrogens is 434 g/mol. The average Bonchev–Trinajstić information content (AvgIpc) is 2.86. The van der Waals surface area contributed by atoms with Crippen LogP contribution in [0.3, 0.4) is 0 Å². The van der Waals surface area contributed by atoms with Gasteiger partial charge in [0.25, 0.3) is 0 Å². The van der Waals surface area contributed by atoms with Crippen LogP contribution in [0.4, 0.5) is 15.3 Å². The van der Waals surface area contributed by atoms with E-state index in [1.165, 1.54) is 0 Å². The summed E-state index contributed by atoms with van der Waals surface area (Å²) in [6, 6.07) is 24.6. The Balaban J connectivity index is 1.39. The number of urea groups is 1. The average molecular weight is 462 g/mol. The molecule has 0 fully saturated rings. The zero-order valence-corrected chi connectivity index (χ0v) is 18.6. The summed E-state index contributed by atoms with van der Waals surface area (Å²) in [5.41, 5.74) is 3.48. The molecule has 0 spiro atoms. The highest BCUT2D eigenvalue weighted by Crippen LogP contribution is 2.21. The van der Waals surface area contributed by atoms with Crippen LogP contribution in [0.25, 0.3) is 11.1 Å². The first kappa shape index (κ1) is 24.3. The number of nitrogens with one attached hydrogen (secondary N) is 3. The SMILES string of the molecule is O=C(Nc1ccc(-c2ccccc2)cc1)N[C@@H](CCCNC(=O)OCc1ccccc1)C(=O)O. The molecule has 3 rings (SSSR count). The molecule has 0 aliphatic heterocycles. The monoisotopic (exact) mass is 461 g/mol. The van der Waals surface area contributed by atoms with Crippen molar-refractivity contribution in [2.75, 3.05) is 11.9 Å². The molecule has 0 saturated heterocycles. The Morgan fingerprint density at radius 1 is 0.824 bits per heavy atom. The highest BCUT2D eigenvalue weighted by molar-refractivity contribution is 5.92. The minimum absolute atomic E-state index is 0.147. The number of carboxylic acids is 1. The standard InChI is InChI=1S/C26H27N3O5/c30-24(31)23(12-7-17-27-26(33)34-18-19-8-3-1-4-9-19)29-25(32)28-22-15-13-21(14-16-22)20-10-5-2-6-11-20/h1-6,8-11,13-16,23H,7,12,17-18H2,(H,27,33)(H,30,31)(H2,28,29,32)/t23-/m0/s1. The van der Waals surface area contributed by atoms with E-state index < -0.39 is 24.1 Å². The normalized spacial score (nSPS) is 11.2.